The standard InChI is InChI=1S/C17H17Br2NO/c1-21-17-12(8-13(18)9-15(17)19)10-20-16-7-6-11-4-2-3-5-14(11)16/h2-5,8-9,16,20H,6-7,10H2,1H3. The van der Waals surface area contributed by atoms with Gasteiger partial charge < -0.3 is 10.1 Å². The lowest BCUT2D eigenvalue weighted by atomic mass is 10.1. The topological polar surface area (TPSA) is 21.3 Å². The molecule has 4 heteroatoms. The van der Waals surface area contributed by atoms with Gasteiger partial charge >= 0.3 is 0 Å². The van der Waals surface area contributed by atoms with Crippen molar-refractivity contribution >= 4 is 31.9 Å². The van der Waals surface area contributed by atoms with Crippen molar-refractivity contribution in [3.63, 3.8) is 0 Å². The summed E-state index contributed by atoms with van der Waals surface area (Å²) in [4.78, 5) is 0. The van der Waals surface area contributed by atoms with Crippen LogP contribution in [-0.2, 0) is 13.0 Å². The van der Waals surface area contributed by atoms with Crippen LogP contribution in [0.25, 0.3) is 0 Å². The van der Waals surface area contributed by atoms with E-state index in [1.165, 1.54) is 11.1 Å². The fourth-order valence-electron chi connectivity index (χ4n) is 2.98. The molecule has 0 radical (unpaired) electrons. The van der Waals surface area contributed by atoms with Crippen LogP contribution < -0.4 is 10.1 Å². The fraction of sp³-hybridized carbons (Fsp3) is 0.294. The molecule has 0 fully saturated rings. The number of ether oxygens (including phenoxy) is 1. The second-order valence-corrected chi connectivity index (χ2v) is 7.02. The highest BCUT2D eigenvalue weighted by Crippen LogP contribution is 2.34. The maximum absolute atomic E-state index is 5.51. The molecule has 2 aromatic rings. The Balaban J connectivity index is 1.77. The third-order valence-electron chi connectivity index (χ3n) is 3.96. The Hall–Kier alpha value is -0.840. The van der Waals surface area contributed by atoms with Crippen molar-refractivity contribution in [1.82, 2.24) is 5.32 Å². The van der Waals surface area contributed by atoms with Crippen molar-refractivity contribution in [3.05, 3.63) is 62.0 Å². The average molecular weight is 411 g/mol. The Kier molecular flexibility index (Phi) is 4.67. The number of hydrogen-bond donors (Lipinski definition) is 1. The number of hydrogen-bond acceptors (Lipinski definition) is 2. The number of methoxy groups -OCH3 is 1. The summed E-state index contributed by atoms with van der Waals surface area (Å²) in [6.45, 7) is 0.792. The fourth-order valence-corrected chi connectivity index (χ4v) is 4.45. The molecule has 3 rings (SSSR count). The van der Waals surface area contributed by atoms with Crippen LogP contribution in [0, 0.1) is 0 Å². The summed E-state index contributed by atoms with van der Waals surface area (Å²) in [6.07, 6.45) is 2.32. The molecular weight excluding hydrogens is 394 g/mol. The van der Waals surface area contributed by atoms with E-state index in [4.69, 9.17) is 4.74 Å². The first-order valence-corrected chi connectivity index (χ1v) is 8.60. The van der Waals surface area contributed by atoms with E-state index < -0.39 is 0 Å². The van der Waals surface area contributed by atoms with Crippen molar-refractivity contribution in [2.45, 2.75) is 25.4 Å². The van der Waals surface area contributed by atoms with Gasteiger partial charge in [-0.05, 0) is 52.0 Å². The third-order valence-corrected chi connectivity index (χ3v) is 5.01. The summed E-state index contributed by atoms with van der Waals surface area (Å²) < 4.78 is 7.54. The highest BCUT2D eigenvalue weighted by molar-refractivity contribution is 9.11. The Morgan fingerprint density at radius 2 is 2.05 bits per heavy atom. The van der Waals surface area contributed by atoms with Gasteiger partial charge in [-0.3, -0.25) is 0 Å². The molecule has 1 aliphatic rings. The number of benzene rings is 2. The van der Waals surface area contributed by atoms with Crippen LogP contribution in [-0.4, -0.2) is 7.11 Å². The predicted molar refractivity (Wildman–Crippen MR) is 92.7 cm³/mol. The van der Waals surface area contributed by atoms with E-state index in [0.29, 0.717) is 6.04 Å². The number of halogens is 2. The Bertz CT molecular complexity index is 657. The van der Waals surface area contributed by atoms with Gasteiger partial charge in [0, 0.05) is 22.6 Å². The second-order valence-electron chi connectivity index (χ2n) is 5.25. The van der Waals surface area contributed by atoms with E-state index in [2.05, 4.69) is 67.5 Å². The molecule has 0 bridgehead atoms. The molecule has 2 nitrogen and oxygen atoms in total. The Morgan fingerprint density at radius 3 is 2.86 bits per heavy atom. The number of rotatable bonds is 4. The van der Waals surface area contributed by atoms with Crippen molar-refractivity contribution in [2.75, 3.05) is 7.11 Å². The highest BCUT2D eigenvalue weighted by atomic mass is 79.9. The van der Waals surface area contributed by atoms with Gasteiger partial charge in [0.1, 0.15) is 5.75 Å². The van der Waals surface area contributed by atoms with Crippen molar-refractivity contribution < 1.29 is 4.74 Å². The molecule has 1 atom stereocenters. The van der Waals surface area contributed by atoms with Gasteiger partial charge in [-0.2, -0.15) is 0 Å². The lowest BCUT2D eigenvalue weighted by molar-refractivity contribution is 0.402. The quantitative estimate of drug-likeness (QED) is 0.765. The first-order chi connectivity index (χ1) is 10.2. The van der Waals surface area contributed by atoms with Gasteiger partial charge in [-0.25, -0.2) is 0 Å². The van der Waals surface area contributed by atoms with Crippen molar-refractivity contribution in [1.29, 1.82) is 0 Å². The van der Waals surface area contributed by atoms with Crippen LogP contribution >= 0.6 is 31.9 Å². The van der Waals surface area contributed by atoms with E-state index in [9.17, 15) is 0 Å². The Morgan fingerprint density at radius 1 is 1.24 bits per heavy atom. The molecule has 21 heavy (non-hydrogen) atoms. The predicted octanol–water partition coefficient (Wildman–Crippen LogP) is 5.00. The van der Waals surface area contributed by atoms with E-state index in [1.54, 1.807) is 7.11 Å². The summed E-state index contributed by atoms with van der Waals surface area (Å²) in [6, 6.07) is 13.3. The molecular formula is C17H17Br2NO. The minimum Gasteiger partial charge on any atom is -0.495 e. The van der Waals surface area contributed by atoms with Gasteiger partial charge in [-0.15, -0.1) is 0 Å². The van der Waals surface area contributed by atoms with Crippen LogP contribution in [0.3, 0.4) is 0 Å². The summed E-state index contributed by atoms with van der Waals surface area (Å²) >= 11 is 7.10. The first kappa shape index (κ1) is 15.1. The van der Waals surface area contributed by atoms with Crippen LogP contribution in [0.5, 0.6) is 5.75 Å². The smallest absolute Gasteiger partial charge is 0.137 e. The molecule has 0 saturated heterocycles. The van der Waals surface area contributed by atoms with E-state index in [1.807, 2.05) is 6.07 Å². The zero-order valence-electron chi connectivity index (χ0n) is 11.8. The van der Waals surface area contributed by atoms with E-state index in [0.717, 1.165) is 39.6 Å². The van der Waals surface area contributed by atoms with Gasteiger partial charge in [0.25, 0.3) is 0 Å². The third kappa shape index (κ3) is 3.17. The van der Waals surface area contributed by atoms with E-state index in [-0.39, 0.29) is 0 Å². The summed E-state index contributed by atoms with van der Waals surface area (Å²) in [5.74, 6) is 0.900. The van der Waals surface area contributed by atoms with Crippen LogP contribution in [0.1, 0.15) is 29.2 Å². The first-order valence-electron chi connectivity index (χ1n) is 7.02. The normalized spacial score (nSPS) is 16.8. The monoisotopic (exact) mass is 409 g/mol. The highest BCUT2D eigenvalue weighted by Gasteiger charge is 2.21. The molecule has 110 valence electrons. The molecule has 1 unspecified atom stereocenters. The molecule has 2 aromatic carbocycles. The molecule has 0 saturated carbocycles. The van der Waals surface area contributed by atoms with Crippen LogP contribution in [0.15, 0.2) is 45.3 Å². The van der Waals surface area contributed by atoms with Crippen LogP contribution in [0.4, 0.5) is 0 Å². The Labute approximate surface area is 142 Å². The SMILES string of the molecule is COc1c(Br)cc(Br)cc1CNC1CCc2ccccc21. The summed E-state index contributed by atoms with van der Waals surface area (Å²) in [7, 11) is 1.71. The molecule has 0 heterocycles. The summed E-state index contributed by atoms with van der Waals surface area (Å²) in [5.41, 5.74) is 4.06. The maximum Gasteiger partial charge on any atom is 0.137 e. The van der Waals surface area contributed by atoms with Gasteiger partial charge in [0.05, 0.1) is 11.6 Å². The number of fused-ring (bicyclic) bond motifs is 1. The molecule has 0 amide bonds. The molecule has 0 aromatic heterocycles. The zero-order valence-corrected chi connectivity index (χ0v) is 15.0. The van der Waals surface area contributed by atoms with Crippen LogP contribution in [0.2, 0.25) is 0 Å². The number of aryl methyl sites for hydroxylation is 1. The average Bonchev–Trinajstić information content (AvgIpc) is 2.88. The lowest BCUT2D eigenvalue weighted by Crippen LogP contribution is -2.19. The van der Waals surface area contributed by atoms with Gasteiger partial charge in [0.15, 0.2) is 0 Å². The molecule has 1 N–H and O–H groups in total. The lowest BCUT2D eigenvalue weighted by Gasteiger charge is -2.17. The molecule has 0 spiro atoms. The van der Waals surface area contributed by atoms with Gasteiger partial charge in [-0.1, -0.05) is 40.2 Å². The minimum atomic E-state index is 0.434. The molecule has 0 aliphatic heterocycles. The molecule has 1 aliphatic carbocycles. The van der Waals surface area contributed by atoms with Gasteiger partial charge in [0.2, 0.25) is 0 Å². The largest absolute Gasteiger partial charge is 0.495 e. The second kappa shape index (κ2) is 6.51. The zero-order chi connectivity index (χ0) is 14.8. The minimum absolute atomic E-state index is 0.434. The maximum atomic E-state index is 5.51. The van der Waals surface area contributed by atoms with E-state index >= 15 is 0 Å². The summed E-state index contributed by atoms with van der Waals surface area (Å²) in [5, 5.41) is 3.66. The van der Waals surface area contributed by atoms with Crippen molar-refractivity contribution in [3.8, 4) is 5.75 Å². The number of nitrogens with one attached hydrogen (secondary N) is 1. The van der Waals surface area contributed by atoms with Crippen molar-refractivity contribution in [2.24, 2.45) is 0 Å².